The normalized spacial score (nSPS) is 15.0. The van der Waals surface area contributed by atoms with Gasteiger partial charge in [0, 0.05) is 17.3 Å². The van der Waals surface area contributed by atoms with Crippen molar-refractivity contribution in [2.75, 3.05) is 19.0 Å². The van der Waals surface area contributed by atoms with E-state index < -0.39 is 0 Å². The Morgan fingerprint density at radius 3 is 2.61 bits per heavy atom. The minimum absolute atomic E-state index is 0.244. The second kappa shape index (κ2) is 6.79. The summed E-state index contributed by atoms with van der Waals surface area (Å²) in [5.74, 6) is 1.03. The number of carbonyl (C=O) groups excluding carboxylic acids is 1. The van der Waals surface area contributed by atoms with Crippen LogP contribution in [0.3, 0.4) is 0 Å². The van der Waals surface area contributed by atoms with Crippen molar-refractivity contribution in [1.29, 1.82) is 0 Å². The lowest BCUT2D eigenvalue weighted by Crippen LogP contribution is -2.09. The number of hydrogen-bond donors (Lipinski definition) is 1. The molecular formula is C18H16N2O3. The third-order valence-electron chi connectivity index (χ3n) is 3.28. The van der Waals surface area contributed by atoms with Crippen LogP contribution in [0.15, 0.2) is 71.4 Å². The molecule has 0 fully saturated rings. The lowest BCUT2D eigenvalue weighted by Gasteiger charge is -2.03. The predicted molar refractivity (Wildman–Crippen MR) is 88.6 cm³/mol. The van der Waals surface area contributed by atoms with Crippen molar-refractivity contribution in [3.8, 4) is 5.75 Å². The molecular weight excluding hydrogens is 292 g/mol. The van der Waals surface area contributed by atoms with Crippen molar-refractivity contribution in [2.45, 2.75) is 0 Å². The third kappa shape index (κ3) is 3.77. The molecule has 0 aliphatic carbocycles. The van der Waals surface area contributed by atoms with E-state index >= 15 is 0 Å². The quantitative estimate of drug-likeness (QED) is 0.883. The molecule has 0 atom stereocenters. The highest BCUT2D eigenvalue weighted by atomic mass is 16.5. The molecule has 1 aliphatic heterocycles. The zero-order chi connectivity index (χ0) is 16.1. The summed E-state index contributed by atoms with van der Waals surface area (Å²) in [6.07, 6.45) is 1.44. The van der Waals surface area contributed by atoms with Gasteiger partial charge in [-0.3, -0.25) is 4.79 Å². The van der Waals surface area contributed by atoms with Crippen LogP contribution in [-0.2, 0) is 9.53 Å². The van der Waals surface area contributed by atoms with Crippen molar-refractivity contribution in [1.82, 2.24) is 0 Å². The van der Waals surface area contributed by atoms with Crippen molar-refractivity contribution in [2.24, 2.45) is 4.99 Å². The minimum atomic E-state index is -0.244. The molecule has 0 saturated heterocycles. The highest BCUT2D eigenvalue weighted by Gasteiger charge is 2.15. The fourth-order valence-electron chi connectivity index (χ4n) is 2.14. The molecule has 0 aromatic heterocycles. The van der Waals surface area contributed by atoms with Gasteiger partial charge in [0.25, 0.3) is 0 Å². The lowest BCUT2D eigenvalue weighted by molar-refractivity contribution is -0.112. The third-order valence-corrected chi connectivity index (χ3v) is 3.28. The summed E-state index contributed by atoms with van der Waals surface area (Å²) < 4.78 is 10.6. The van der Waals surface area contributed by atoms with Gasteiger partial charge in [0.15, 0.2) is 0 Å². The van der Waals surface area contributed by atoms with Gasteiger partial charge < -0.3 is 14.8 Å². The number of rotatable bonds is 4. The Morgan fingerprint density at radius 1 is 1.17 bits per heavy atom. The summed E-state index contributed by atoms with van der Waals surface area (Å²) >= 11 is 0. The van der Waals surface area contributed by atoms with E-state index in [1.165, 1.54) is 6.08 Å². The summed E-state index contributed by atoms with van der Waals surface area (Å²) in [4.78, 5) is 16.4. The Bertz CT molecular complexity index is 750. The van der Waals surface area contributed by atoms with Gasteiger partial charge in [-0.15, -0.1) is 0 Å². The number of carbonyl (C=O) groups is 1. The second-order valence-electron chi connectivity index (χ2n) is 4.93. The first-order chi connectivity index (χ1) is 11.2. The van der Waals surface area contributed by atoms with Crippen molar-refractivity contribution in [3.63, 3.8) is 0 Å². The Labute approximate surface area is 134 Å². The van der Waals surface area contributed by atoms with Crippen LogP contribution in [0.25, 0.3) is 0 Å². The number of aliphatic imine (C=N–C) groups is 1. The lowest BCUT2D eigenvalue weighted by atomic mass is 10.2. The number of anilines is 1. The standard InChI is InChI=1S/C18H16N2O3/c1-22-16-9-7-14(8-10-16)19-17(21)11-15-12-23-18(20-15)13-5-3-2-4-6-13/h2-11H,12H2,1H3,(H,19,21)/b15-11-. The summed E-state index contributed by atoms with van der Waals surface area (Å²) in [6.45, 7) is 0.292. The summed E-state index contributed by atoms with van der Waals surface area (Å²) in [6, 6.07) is 16.7. The van der Waals surface area contributed by atoms with Gasteiger partial charge in [0.1, 0.15) is 12.4 Å². The summed E-state index contributed by atoms with van der Waals surface area (Å²) in [5, 5.41) is 2.78. The van der Waals surface area contributed by atoms with Crippen LogP contribution in [0, 0.1) is 0 Å². The van der Waals surface area contributed by atoms with Gasteiger partial charge >= 0.3 is 0 Å². The van der Waals surface area contributed by atoms with Gasteiger partial charge in [-0.25, -0.2) is 4.99 Å². The van der Waals surface area contributed by atoms with Crippen LogP contribution in [0.5, 0.6) is 5.75 Å². The highest BCUT2D eigenvalue weighted by molar-refractivity contribution is 6.01. The van der Waals surface area contributed by atoms with E-state index in [-0.39, 0.29) is 5.91 Å². The Morgan fingerprint density at radius 2 is 1.91 bits per heavy atom. The molecule has 23 heavy (non-hydrogen) atoms. The molecule has 1 aliphatic rings. The van der Waals surface area contributed by atoms with E-state index in [9.17, 15) is 4.79 Å². The van der Waals surface area contributed by atoms with E-state index in [1.807, 2.05) is 30.3 Å². The molecule has 0 bridgehead atoms. The molecule has 0 spiro atoms. The van der Waals surface area contributed by atoms with Crippen molar-refractivity contribution < 1.29 is 14.3 Å². The molecule has 1 N–H and O–H groups in total. The van der Waals surface area contributed by atoms with Crippen molar-refractivity contribution in [3.05, 3.63) is 71.9 Å². The molecule has 5 heteroatoms. The molecule has 0 saturated carbocycles. The molecule has 2 aromatic rings. The monoisotopic (exact) mass is 308 g/mol. The number of benzene rings is 2. The smallest absolute Gasteiger partial charge is 0.250 e. The number of hydrogen-bond acceptors (Lipinski definition) is 4. The van der Waals surface area contributed by atoms with E-state index in [2.05, 4.69) is 10.3 Å². The minimum Gasteiger partial charge on any atom is -0.497 e. The number of nitrogens with zero attached hydrogens (tertiary/aromatic N) is 1. The Balaban J connectivity index is 1.67. The van der Waals surface area contributed by atoms with Gasteiger partial charge in [0.05, 0.1) is 12.8 Å². The van der Waals surface area contributed by atoms with E-state index in [4.69, 9.17) is 9.47 Å². The fraction of sp³-hybridized carbons (Fsp3) is 0.111. The van der Waals surface area contributed by atoms with Crippen LogP contribution in [-0.4, -0.2) is 25.5 Å². The zero-order valence-electron chi connectivity index (χ0n) is 12.7. The molecule has 1 amide bonds. The van der Waals surface area contributed by atoms with E-state index in [1.54, 1.807) is 31.4 Å². The average Bonchev–Trinajstić information content (AvgIpc) is 3.04. The van der Waals surface area contributed by atoms with Gasteiger partial charge in [-0.05, 0) is 36.4 Å². The predicted octanol–water partition coefficient (Wildman–Crippen LogP) is 2.99. The molecule has 0 radical (unpaired) electrons. The number of amides is 1. The average molecular weight is 308 g/mol. The maximum atomic E-state index is 12.0. The largest absolute Gasteiger partial charge is 0.497 e. The van der Waals surface area contributed by atoms with Crippen LogP contribution >= 0.6 is 0 Å². The number of ether oxygens (including phenoxy) is 2. The molecule has 5 nitrogen and oxygen atoms in total. The first-order valence-corrected chi connectivity index (χ1v) is 7.17. The molecule has 116 valence electrons. The molecule has 3 rings (SSSR count). The molecule has 2 aromatic carbocycles. The van der Waals surface area contributed by atoms with Gasteiger partial charge in [0.2, 0.25) is 11.8 Å². The highest BCUT2D eigenvalue weighted by Crippen LogP contribution is 2.17. The van der Waals surface area contributed by atoms with Crippen LogP contribution < -0.4 is 10.1 Å². The summed E-state index contributed by atoms with van der Waals surface area (Å²) in [5.41, 5.74) is 2.18. The first-order valence-electron chi connectivity index (χ1n) is 7.17. The first kappa shape index (κ1) is 14.8. The van der Waals surface area contributed by atoms with Crippen LogP contribution in [0.1, 0.15) is 5.56 Å². The van der Waals surface area contributed by atoms with Crippen molar-refractivity contribution >= 4 is 17.5 Å². The SMILES string of the molecule is COc1ccc(NC(=O)/C=C2/COC(c3ccccc3)=N2)cc1. The maximum Gasteiger partial charge on any atom is 0.250 e. The van der Waals surface area contributed by atoms with E-state index in [0.29, 0.717) is 23.9 Å². The fourth-order valence-corrected chi connectivity index (χ4v) is 2.14. The van der Waals surface area contributed by atoms with E-state index in [0.717, 1.165) is 11.3 Å². The topological polar surface area (TPSA) is 59.9 Å². The van der Waals surface area contributed by atoms with Crippen LogP contribution in [0.4, 0.5) is 5.69 Å². The Hall–Kier alpha value is -3.08. The number of nitrogens with one attached hydrogen (secondary N) is 1. The van der Waals surface area contributed by atoms with Crippen LogP contribution in [0.2, 0.25) is 0 Å². The van der Waals surface area contributed by atoms with Gasteiger partial charge in [-0.2, -0.15) is 0 Å². The molecule has 0 unspecified atom stereocenters. The number of methoxy groups -OCH3 is 1. The second-order valence-corrected chi connectivity index (χ2v) is 4.93. The Kier molecular flexibility index (Phi) is 4.38. The molecule has 1 heterocycles. The summed E-state index contributed by atoms with van der Waals surface area (Å²) in [7, 11) is 1.60. The van der Waals surface area contributed by atoms with Gasteiger partial charge in [-0.1, -0.05) is 18.2 Å². The maximum absolute atomic E-state index is 12.0. The zero-order valence-corrected chi connectivity index (χ0v) is 12.7.